The summed E-state index contributed by atoms with van der Waals surface area (Å²) in [5, 5.41) is 3.17. The molecule has 0 atom stereocenters. The van der Waals surface area contributed by atoms with E-state index in [0.29, 0.717) is 16.4 Å². The van der Waals surface area contributed by atoms with Crippen LogP contribution in [0.2, 0.25) is 5.15 Å². The van der Waals surface area contributed by atoms with E-state index in [1.54, 1.807) is 12.1 Å². The number of halogens is 1. The van der Waals surface area contributed by atoms with Crippen LogP contribution >= 0.6 is 11.6 Å². The molecule has 3 aromatic rings. The third kappa shape index (κ3) is 2.48. The maximum atomic E-state index is 12.0. The molecule has 100 valence electrons. The number of aromatic nitrogens is 3. The summed E-state index contributed by atoms with van der Waals surface area (Å²) in [5.41, 5.74) is 2.91. The van der Waals surface area contributed by atoms with E-state index in [9.17, 15) is 4.79 Å². The number of rotatable bonds is 2. The van der Waals surface area contributed by atoms with Gasteiger partial charge in [0, 0.05) is 18.6 Å². The number of pyridine rings is 2. The summed E-state index contributed by atoms with van der Waals surface area (Å²) in [4.78, 5) is 20.3. The first-order valence-corrected chi connectivity index (χ1v) is 6.38. The van der Waals surface area contributed by atoms with Gasteiger partial charge in [0.2, 0.25) is 0 Å². The molecule has 1 amide bonds. The monoisotopic (exact) mass is 286 g/mol. The molecule has 0 aromatic carbocycles. The molecule has 0 bridgehead atoms. The molecule has 0 aliphatic heterocycles. The number of carbonyl (C=O) groups excluding carboxylic acids is 1. The minimum Gasteiger partial charge on any atom is -0.321 e. The Hall–Kier alpha value is -2.40. The number of fused-ring (bicyclic) bond motifs is 1. The smallest absolute Gasteiger partial charge is 0.257 e. The number of imidazole rings is 1. The van der Waals surface area contributed by atoms with Crippen LogP contribution in [0.1, 0.15) is 16.1 Å². The molecule has 0 fully saturated rings. The summed E-state index contributed by atoms with van der Waals surface area (Å²) in [6.07, 6.45) is 5.16. The second-order valence-electron chi connectivity index (χ2n) is 4.39. The molecule has 0 unspecified atom stereocenters. The number of hydrogen-bond donors (Lipinski definition) is 1. The van der Waals surface area contributed by atoms with Crippen molar-refractivity contribution >= 4 is 28.8 Å². The standard InChI is InChI=1S/C14H11ClN4O/c1-9-7-19-8-11(3-5-13(19)17-9)18-14(20)10-2-4-12(15)16-6-10/h2-8H,1H3,(H,18,20). The lowest BCUT2D eigenvalue weighted by atomic mass is 10.2. The predicted octanol–water partition coefficient (Wildman–Crippen LogP) is 2.94. The summed E-state index contributed by atoms with van der Waals surface area (Å²) in [5.74, 6) is -0.231. The first-order chi connectivity index (χ1) is 9.61. The molecular formula is C14H11ClN4O. The summed E-state index contributed by atoms with van der Waals surface area (Å²) < 4.78 is 1.87. The predicted molar refractivity (Wildman–Crippen MR) is 77.1 cm³/mol. The molecule has 3 heterocycles. The Labute approximate surface area is 120 Å². The van der Waals surface area contributed by atoms with Gasteiger partial charge in [-0.3, -0.25) is 4.79 Å². The molecule has 0 aliphatic rings. The average Bonchev–Trinajstić information content (AvgIpc) is 2.78. The molecule has 0 saturated heterocycles. The van der Waals surface area contributed by atoms with Gasteiger partial charge < -0.3 is 9.72 Å². The number of carbonyl (C=O) groups is 1. The van der Waals surface area contributed by atoms with Crippen molar-refractivity contribution in [1.29, 1.82) is 0 Å². The summed E-state index contributed by atoms with van der Waals surface area (Å²) in [6.45, 7) is 1.92. The van der Waals surface area contributed by atoms with E-state index in [4.69, 9.17) is 11.6 Å². The van der Waals surface area contributed by atoms with Crippen molar-refractivity contribution in [2.45, 2.75) is 6.92 Å². The molecule has 0 spiro atoms. The van der Waals surface area contributed by atoms with Gasteiger partial charge >= 0.3 is 0 Å². The van der Waals surface area contributed by atoms with Crippen LogP contribution in [0.5, 0.6) is 0 Å². The molecule has 20 heavy (non-hydrogen) atoms. The van der Waals surface area contributed by atoms with Gasteiger partial charge in [-0.05, 0) is 31.2 Å². The molecule has 0 saturated carbocycles. The minimum atomic E-state index is -0.231. The van der Waals surface area contributed by atoms with E-state index in [2.05, 4.69) is 15.3 Å². The third-order valence-electron chi connectivity index (χ3n) is 2.82. The van der Waals surface area contributed by atoms with E-state index in [1.807, 2.05) is 35.9 Å². The fraction of sp³-hybridized carbons (Fsp3) is 0.0714. The quantitative estimate of drug-likeness (QED) is 0.737. The highest BCUT2D eigenvalue weighted by Crippen LogP contribution is 2.13. The van der Waals surface area contributed by atoms with E-state index < -0.39 is 0 Å². The van der Waals surface area contributed by atoms with Crippen LogP contribution in [0.4, 0.5) is 5.69 Å². The Kier molecular flexibility index (Phi) is 3.12. The SMILES string of the molecule is Cc1cn2cc(NC(=O)c3ccc(Cl)nc3)ccc2n1. The van der Waals surface area contributed by atoms with Gasteiger partial charge in [0.1, 0.15) is 10.8 Å². The number of nitrogens with zero attached hydrogens (tertiary/aromatic N) is 3. The Morgan fingerprint density at radius 3 is 2.85 bits per heavy atom. The number of anilines is 1. The largest absolute Gasteiger partial charge is 0.321 e. The lowest BCUT2D eigenvalue weighted by Crippen LogP contribution is -2.12. The maximum Gasteiger partial charge on any atom is 0.257 e. The number of hydrogen-bond acceptors (Lipinski definition) is 3. The van der Waals surface area contributed by atoms with Gasteiger partial charge in [-0.1, -0.05) is 11.6 Å². The van der Waals surface area contributed by atoms with Crippen molar-refractivity contribution in [2.75, 3.05) is 5.32 Å². The van der Waals surface area contributed by atoms with Crippen molar-refractivity contribution in [3.05, 3.63) is 59.3 Å². The highest BCUT2D eigenvalue weighted by molar-refractivity contribution is 6.29. The molecule has 3 aromatic heterocycles. The van der Waals surface area contributed by atoms with Crippen LogP contribution in [-0.2, 0) is 0 Å². The lowest BCUT2D eigenvalue weighted by Gasteiger charge is -2.05. The Bertz CT molecular complexity index is 779. The van der Waals surface area contributed by atoms with Crippen molar-refractivity contribution in [1.82, 2.24) is 14.4 Å². The Morgan fingerprint density at radius 2 is 2.10 bits per heavy atom. The van der Waals surface area contributed by atoms with Crippen molar-refractivity contribution < 1.29 is 4.79 Å². The fourth-order valence-corrected chi connectivity index (χ4v) is 2.02. The summed E-state index contributed by atoms with van der Waals surface area (Å²) >= 11 is 5.69. The van der Waals surface area contributed by atoms with Crippen molar-refractivity contribution in [3.8, 4) is 0 Å². The second kappa shape index (κ2) is 4.94. The van der Waals surface area contributed by atoms with E-state index in [-0.39, 0.29) is 5.91 Å². The lowest BCUT2D eigenvalue weighted by molar-refractivity contribution is 0.102. The Morgan fingerprint density at radius 1 is 1.25 bits per heavy atom. The first-order valence-electron chi connectivity index (χ1n) is 6.00. The van der Waals surface area contributed by atoms with Gasteiger partial charge in [-0.15, -0.1) is 0 Å². The van der Waals surface area contributed by atoms with E-state index in [1.165, 1.54) is 6.20 Å². The van der Waals surface area contributed by atoms with E-state index >= 15 is 0 Å². The van der Waals surface area contributed by atoms with Crippen LogP contribution < -0.4 is 5.32 Å². The average molecular weight is 287 g/mol. The normalized spacial score (nSPS) is 10.7. The van der Waals surface area contributed by atoms with Gasteiger partial charge in [-0.2, -0.15) is 0 Å². The molecule has 0 radical (unpaired) electrons. The van der Waals surface area contributed by atoms with Crippen LogP contribution in [0.3, 0.4) is 0 Å². The molecule has 5 nitrogen and oxygen atoms in total. The number of nitrogens with one attached hydrogen (secondary N) is 1. The molecule has 0 aliphatic carbocycles. The highest BCUT2D eigenvalue weighted by atomic mass is 35.5. The van der Waals surface area contributed by atoms with Crippen LogP contribution in [0, 0.1) is 6.92 Å². The summed E-state index contributed by atoms with van der Waals surface area (Å²) in [6, 6.07) is 6.87. The zero-order chi connectivity index (χ0) is 14.1. The highest BCUT2D eigenvalue weighted by Gasteiger charge is 2.07. The Balaban J connectivity index is 1.84. The van der Waals surface area contributed by atoms with Crippen molar-refractivity contribution in [2.24, 2.45) is 0 Å². The second-order valence-corrected chi connectivity index (χ2v) is 4.78. The van der Waals surface area contributed by atoms with Gasteiger partial charge in [0.15, 0.2) is 0 Å². The van der Waals surface area contributed by atoms with Gasteiger partial charge in [-0.25, -0.2) is 9.97 Å². The van der Waals surface area contributed by atoms with Crippen LogP contribution in [0.15, 0.2) is 42.9 Å². The molecule has 6 heteroatoms. The third-order valence-corrected chi connectivity index (χ3v) is 3.04. The summed E-state index contributed by atoms with van der Waals surface area (Å²) in [7, 11) is 0. The topological polar surface area (TPSA) is 59.3 Å². The van der Waals surface area contributed by atoms with Crippen LogP contribution in [0.25, 0.3) is 5.65 Å². The zero-order valence-electron chi connectivity index (χ0n) is 10.7. The maximum absolute atomic E-state index is 12.0. The van der Waals surface area contributed by atoms with Gasteiger partial charge in [0.05, 0.1) is 16.9 Å². The van der Waals surface area contributed by atoms with Crippen LogP contribution in [-0.4, -0.2) is 20.3 Å². The van der Waals surface area contributed by atoms with Gasteiger partial charge in [0.25, 0.3) is 5.91 Å². The minimum absolute atomic E-state index is 0.231. The zero-order valence-corrected chi connectivity index (χ0v) is 11.4. The first kappa shape index (κ1) is 12.6. The van der Waals surface area contributed by atoms with E-state index in [0.717, 1.165) is 11.3 Å². The molecular weight excluding hydrogens is 276 g/mol. The molecule has 1 N–H and O–H groups in total. The van der Waals surface area contributed by atoms with Crippen molar-refractivity contribution in [3.63, 3.8) is 0 Å². The fourth-order valence-electron chi connectivity index (χ4n) is 1.91. The molecule has 3 rings (SSSR count). The number of amides is 1. The number of aryl methyl sites for hydroxylation is 1.